The predicted octanol–water partition coefficient (Wildman–Crippen LogP) is 13.6. The maximum absolute atomic E-state index is 6.77. The smallest absolute Gasteiger partial charge is 0.168 e. The van der Waals surface area contributed by atoms with E-state index in [4.69, 9.17) is 23.8 Å². The van der Waals surface area contributed by atoms with E-state index in [1.807, 2.05) is 30.3 Å². The minimum Gasteiger partial charge on any atom is -0.456 e. The van der Waals surface area contributed by atoms with Crippen molar-refractivity contribution in [3.8, 4) is 22.8 Å². The largest absolute Gasteiger partial charge is 0.456 e. The van der Waals surface area contributed by atoms with E-state index in [0.717, 1.165) is 87.9 Å². The first-order chi connectivity index (χ1) is 29.7. The van der Waals surface area contributed by atoms with Gasteiger partial charge in [-0.3, -0.25) is 0 Å². The summed E-state index contributed by atoms with van der Waals surface area (Å²) in [5, 5.41) is 11.2. The molecule has 0 fully saturated rings. The predicted molar refractivity (Wildman–Crippen MR) is 241 cm³/mol. The summed E-state index contributed by atoms with van der Waals surface area (Å²) in [7, 11) is 0. The molecule has 0 aliphatic carbocycles. The lowest BCUT2D eigenvalue weighted by Gasteiger charge is -2.38. The van der Waals surface area contributed by atoms with E-state index >= 15 is 0 Å². The van der Waals surface area contributed by atoms with Gasteiger partial charge in [0.15, 0.2) is 23.0 Å². The Hall–Kier alpha value is -8.09. The molecule has 1 atom stereocenters. The van der Waals surface area contributed by atoms with Gasteiger partial charge in [0, 0.05) is 49.0 Å². The van der Waals surface area contributed by atoms with Crippen LogP contribution in [0.5, 0.6) is 0 Å². The number of furan rings is 2. The summed E-state index contributed by atoms with van der Waals surface area (Å²) in [4.78, 5) is 16.6. The highest BCUT2D eigenvalue weighted by Gasteiger charge is 2.47. The first-order valence-corrected chi connectivity index (χ1v) is 20.3. The molecule has 2 bridgehead atoms. The van der Waals surface area contributed by atoms with Crippen LogP contribution in [0, 0.1) is 0 Å². The molecule has 6 heteroatoms. The fourth-order valence-corrected chi connectivity index (χ4v) is 10.3. The molecule has 5 heterocycles. The topological polar surface area (TPSA) is 69.9 Å². The average Bonchev–Trinajstić information content (AvgIpc) is 3.98. The molecule has 13 aromatic rings. The lowest BCUT2D eigenvalue weighted by Crippen LogP contribution is -2.40. The molecule has 4 aromatic heterocycles. The summed E-state index contributed by atoms with van der Waals surface area (Å²) in [5.41, 5.74) is 7.99. The van der Waals surface area contributed by atoms with Crippen molar-refractivity contribution in [1.82, 2.24) is 19.5 Å². The van der Waals surface area contributed by atoms with Crippen LogP contribution in [-0.4, -0.2) is 19.5 Å². The SMILES string of the molecule is c1ccc(C2(n3c4cc5ccccc5cc4c4c5ccccc5ccc43)c3nc(-c4ccc5c(c4)oc4ccccc45)nc(n3)-c3cccc4oc5cccc2c5c34)cc1. The van der Waals surface area contributed by atoms with Gasteiger partial charge in [-0.15, -0.1) is 0 Å². The van der Waals surface area contributed by atoms with Gasteiger partial charge in [-0.05, 0) is 75.6 Å². The normalized spacial score (nSPS) is 15.1. The van der Waals surface area contributed by atoms with E-state index in [-0.39, 0.29) is 0 Å². The molecule has 0 saturated heterocycles. The number of hydrogen-bond donors (Lipinski definition) is 0. The number of rotatable bonds is 3. The Bertz CT molecular complexity index is 3970. The molecule has 1 aliphatic heterocycles. The molecule has 14 rings (SSSR count). The van der Waals surface area contributed by atoms with E-state index in [0.29, 0.717) is 17.5 Å². The van der Waals surface area contributed by atoms with Gasteiger partial charge in [0.2, 0.25) is 0 Å². The fourth-order valence-electron chi connectivity index (χ4n) is 10.3. The summed E-state index contributed by atoms with van der Waals surface area (Å²) in [6.45, 7) is 0. The first kappa shape index (κ1) is 31.9. The molecule has 1 aliphatic rings. The van der Waals surface area contributed by atoms with Crippen molar-refractivity contribution in [2.75, 3.05) is 0 Å². The molecule has 1 unspecified atom stereocenters. The van der Waals surface area contributed by atoms with E-state index in [9.17, 15) is 0 Å². The molecule has 0 radical (unpaired) electrons. The van der Waals surface area contributed by atoms with Crippen LogP contribution < -0.4 is 0 Å². The summed E-state index contributed by atoms with van der Waals surface area (Å²) in [6.07, 6.45) is 0. The number of benzene rings is 9. The zero-order valence-corrected chi connectivity index (χ0v) is 31.9. The molecule has 0 spiro atoms. The lowest BCUT2D eigenvalue weighted by molar-refractivity contribution is 0.516. The third-order valence-electron chi connectivity index (χ3n) is 12.8. The number of para-hydroxylation sites is 1. The second-order valence-corrected chi connectivity index (χ2v) is 15.9. The molecule has 9 aromatic carbocycles. The van der Waals surface area contributed by atoms with Crippen LogP contribution >= 0.6 is 0 Å². The Balaban J connectivity index is 1.22. The average molecular weight is 767 g/mol. The van der Waals surface area contributed by atoms with Gasteiger partial charge in [-0.2, -0.15) is 0 Å². The highest BCUT2D eigenvalue weighted by atomic mass is 16.3. The highest BCUT2D eigenvalue weighted by Crippen LogP contribution is 2.52. The van der Waals surface area contributed by atoms with E-state index < -0.39 is 5.54 Å². The van der Waals surface area contributed by atoms with Crippen LogP contribution in [0.4, 0.5) is 0 Å². The summed E-state index contributed by atoms with van der Waals surface area (Å²) in [6, 6.07) is 64.3. The van der Waals surface area contributed by atoms with Crippen LogP contribution in [0.25, 0.3) is 110 Å². The van der Waals surface area contributed by atoms with Crippen molar-refractivity contribution >= 4 is 87.2 Å². The van der Waals surface area contributed by atoms with Crippen LogP contribution in [0.1, 0.15) is 17.0 Å². The van der Waals surface area contributed by atoms with Gasteiger partial charge in [0.25, 0.3) is 0 Å². The maximum atomic E-state index is 6.77. The van der Waals surface area contributed by atoms with Gasteiger partial charge in [0.1, 0.15) is 22.3 Å². The third-order valence-corrected chi connectivity index (χ3v) is 12.8. The zero-order valence-electron chi connectivity index (χ0n) is 31.9. The van der Waals surface area contributed by atoms with E-state index in [2.05, 4.69) is 156 Å². The molecular formula is C54H30N4O2. The van der Waals surface area contributed by atoms with Gasteiger partial charge in [-0.25, -0.2) is 15.0 Å². The molecule has 6 nitrogen and oxygen atoms in total. The van der Waals surface area contributed by atoms with Crippen LogP contribution in [0.2, 0.25) is 0 Å². The Morgan fingerprint density at radius 2 is 1.08 bits per heavy atom. The summed E-state index contributed by atoms with van der Waals surface area (Å²) in [5.74, 6) is 1.75. The summed E-state index contributed by atoms with van der Waals surface area (Å²) >= 11 is 0. The number of fused-ring (bicyclic) bond motifs is 12. The quantitative estimate of drug-likeness (QED) is 0.179. The van der Waals surface area contributed by atoms with Crippen molar-refractivity contribution in [3.63, 3.8) is 0 Å². The highest BCUT2D eigenvalue weighted by molar-refractivity contribution is 6.23. The Morgan fingerprint density at radius 1 is 0.400 bits per heavy atom. The van der Waals surface area contributed by atoms with Crippen LogP contribution in [0.15, 0.2) is 191 Å². The Labute approximate surface area is 341 Å². The van der Waals surface area contributed by atoms with E-state index in [1.165, 1.54) is 21.5 Å². The second kappa shape index (κ2) is 11.5. The van der Waals surface area contributed by atoms with Gasteiger partial charge in [0.05, 0.1) is 11.0 Å². The van der Waals surface area contributed by atoms with Gasteiger partial charge >= 0.3 is 0 Å². The maximum Gasteiger partial charge on any atom is 0.168 e. The van der Waals surface area contributed by atoms with Crippen molar-refractivity contribution in [1.29, 1.82) is 0 Å². The Morgan fingerprint density at radius 3 is 1.97 bits per heavy atom. The van der Waals surface area contributed by atoms with Crippen LogP contribution in [0.3, 0.4) is 0 Å². The van der Waals surface area contributed by atoms with Crippen LogP contribution in [-0.2, 0) is 5.54 Å². The van der Waals surface area contributed by atoms with Gasteiger partial charge in [-0.1, -0.05) is 133 Å². The molecule has 60 heavy (non-hydrogen) atoms. The molecule has 0 saturated carbocycles. The molecule has 0 N–H and O–H groups in total. The molecular weight excluding hydrogens is 737 g/mol. The van der Waals surface area contributed by atoms with Crippen molar-refractivity contribution in [2.24, 2.45) is 0 Å². The second-order valence-electron chi connectivity index (χ2n) is 15.9. The molecule has 0 amide bonds. The number of aromatic nitrogens is 4. The minimum absolute atomic E-state index is 0.561. The monoisotopic (exact) mass is 766 g/mol. The fraction of sp³-hybridized carbons (Fsp3) is 0.0185. The summed E-state index contributed by atoms with van der Waals surface area (Å²) < 4.78 is 15.7. The third kappa shape index (κ3) is 4.09. The standard InChI is InChI=1S/C54H30N4O2/c1-2-15-35(16-3-1)54(58-42-27-25-31-12-6-7-17-36(31)48(42)40-28-32-13-4-5-14-33(32)29-43(40)58)41-20-11-23-46-50(41)49-39(19-10-22-45(49)60-46)52-55-51(56-53(54)57-52)34-24-26-38-37-18-8-9-21-44(37)59-47(38)30-34/h1-30H. The number of hydrogen-bond acceptors (Lipinski definition) is 5. The van der Waals surface area contributed by atoms with Gasteiger partial charge < -0.3 is 13.4 Å². The van der Waals surface area contributed by atoms with Crippen molar-refractivity contribution in [2.45, 2.75) is 5.54 Å². The van der Waals surface area contributed by atoms with Crippen molar-refractivity contribution < 1.29 is 8.83 Å². The minimum atomic E-state index is -1.13. The first-order valence-electron chi connectivity index (χ1n) is 20.3. The molecule has 278 valence electrons. The van der Waals surface area contributed by atoms with E-state index in [1.54, 1.807) is 0 Å². The Kier molecular flexibility index (Phi) is 6.13. The lowest BCUT2D eigenvalue weighted by atomic mass is 9.78. The van der Waals surface area contributed by atoms with Crippen molar-refractivity contribution in [3.05, 3.63) is 199 Å². The zero-order chi connectivity index (χ0) is 39.1. The number of nitrogens with zero attached hydrogens (tertiary/aromatic N) is 4.